The van der Waals surface area contributed by atoms with Gasteiger partial charge in [-0.05, 0) is 0 Å². The number of fused-ring (bicyclic) bond motifs is 2. The Bertz CT molecular complexity index is 1380. The van der Waals surface area contributed by atoms with E-state index in [1.165, 1.54) is 0 Å². The Morgan fingerprint density at radius 1 is 0.467 bits per heavy atom. The second-order valence-electron chi connectivity index (χ2n) is 7.53. The van der Waals surface area contributed by atoms with Gasteiger partial charge in [-0.1, -0.05) is 0 Å². The van der Waals surface area contributed by atoms with E-state index in [9.17, 15) is 14.7 Å². The molecule has 30 heavy (non-hydrogen) atoms. The van der Waals surface area contributed by atoms with Crippen molar-refractivity contribution in [2.45, 2.75) is 0 Å². The van der Waals surface area contributed by atoms with Crippen molar-refractivity contribution in [2.24, 2.45) is 0 Å². The molecule has 0 radical (unpaired) electrons. The molecule has 0 amide bonds. The van der Waals surface area contributed by atoms with Crippen molar-refractivity contribution in [3.8, 4) is 11.1 Å². The first-order chi connectivity index (χ1) is 14.4. The summed E-state index contributed by atoms with van der Waals surface area (Å²) in [7, 11) is -5.52. The predicted molar refractivity (Wildman–Crippen MR) is 126 cm³/mol. The molecule has 4 heteroatoms. The normalized spacial score (nSPS) is 13.2. The van der Waals surface area contributed by atoms with Crippen molar-refractivity contribution in [3.05, 3.63) is 109 Å². The Morgan fingerprint density at radius 2 is 1.03 bits per heavy atom. The average Bonchev–Trinajstić information content (AvgIpc) is 2.78. The summed E-state index contributed by atoms with van der Waals surface area (Å²) in [6.07, 6.45) is 0. The van der Waals surface area contributed by atoms with E-state index in [0.29, 0.717) is 16.3 Å². The van der Waals surface area contributed by atoms with Crippen LogP contribution in [-0.2, 0) is 0 Å². The second-order valence-corrected chi connectivity index (χ2v) is 10.4. The third-order valence-corrected chi connectivity index (χ3v) is 8.19. The molecule has 5 aromatic rings. The van der Waals surface area contributed by atoms with Crippen molar-refractivity contribution < 1.29 is 14.7 Å². The molecule has 0 aliphatic carbocycles. The molecule has 5 rings (SSSR count). The first kappa shape index (κ1) is 18.9. The Hall–Kier alpha value is -3.07. The van der Waals surface area contributed by atoms with Gasteiger partial charge in [-0.2, -0.15) is 0 Å². The fourth-order valence-electron chi connectivity index (χ4n) is 4.24. The molecule has 0 aliphatic heterocycles. The number of hydrogen-bond acceptors (Lipinski definition) is 3. The summed E-state index contributed by atoms with van der Waals surface area (Å²) in [5.74, 6) is 0. The maximum atomic E-state index is 11.8. The van der Waals surface area contributed by atoms with Crippen LogP contribution in [0, 0.1) is 0 Å². The van der Waals surface area contributed by atoms with Gasteiger partial charge >= 0.3 is 174 Å². The minimum atomic E-state index is -5.52. The zero-order valence-corrected chi connectivity index (χ0v) is 17.1. The third-order valence-electron chi connectivity index (χ3n) is 5.61. The van der Waals surface area contributed by atoms with Crippen LogP contribution < -0.4 is 10.6 Å². The van der Waals surface area contributed by atoms with Crippen LogP contribution in [0.3, 0.4) is 0 Å². The van der Waals surface area contributed by atoms with Crippen molar-refractivity contribution in [1.82, 2.24) is 0 Å². The van der Waals surface area contributed by atoms with Gasteiger partial charge in [0.15, 0.2) is 0 Å². The van der Waals surface area contributed by atoms with Gasteiger partial charge < -0.3 is 0 Å². The summed E-state index contributed by atoms with van der Waals surface area (Å²) < 4.78 is 0. The molecule has 0 bridgehead atoms. The van der Waals surface area contributed by atoms with Gasteiger partial charge in [-0.25, -0.2) is 0 Å². The van der Waals surface area contributed by atoms with E-state index in [1.54, 1.807) is 12.1 Å². The van der Waals surface area contributed by atoms with Crippen molar-refractivity contribution in [1.29, 1.82) is 0 Å². The minimum absolute atomic E-state index is 0.146. The van der Waals surface area contributed by atoms with Gasteiger partial charge in [0.2, 0.25) is 0 Å². The van der Waals surface area contributed by atoms with Gasteiger partial charge in [-0.15, -0.1) is 0 Å². The maximum absolute atomic E-state index is 11.8. The zero-order chi connectivity index (χ0) is 20.8. The fraction of sp³-hybridized carbons (Fsp3) is 0. The monoisotopic (exact) mass is 412 g/mol. The Balaban J connectivity index is 1.94. The van der Waals surface area contributed by atoms with Crippen LogP contribution in [0.25, 0.3) is 32.7 Å². The van der Waals surface area contributed by atoms with E-state index in [2.05, 4.69) is 0 Å². The van der Waals surface area contributed by atoms with Crippen molar-refractivity contribution in [2.75, 3.05) is 0 Å². The van der Waals surface area contributed by atoms with Crippen LogP contribution in [0.5, 0.6) is 0 Å². The SMILES string of the molecule is OP(O)(O)(c1cccc2ccccc12)c1c(-c2ccccc2)ccc2ccccc12. The molecule has 0 aliphatic rings. The number of benzene rings is 5. The molecule has 0 atom stereocenters. The molecule has 3 N–H and O–H groups in total. The molecule has 0 saturated heterocycles. The molecule has 0 fully saturated rings. The van der Waals surface area contributed by atoms with E-state index in [-0.39, 0.29) is 10.6 Å². The molecule has 0 heterocycles. The summed E-state index contributed by atoms with van der Waals surface area (Å²) in [4.78, 5) is 35.4. The van der Waals surface area contributed by atoms with Crippen molar-refractivity contribution >= 4 is 39.4 Å². The Morgan fingerprint density at radius 3 is 1.77 bits per heavy atom. The van der Waals surface area contributed by atoms with Gasteiger partial charge in [-0.3, -0.25) is 0 Å². The number of hydrogen-bond donors (Lipinski definition) is 3. The van der Waals surface area contributed by atoms with Gasteiger partial charge in [0, 0.05) is 0 Å². The molecule has 0 spiro atoms. The summed E-state index contributed by atoms with van der Waals surface area (Å²) >= 11 is 0. The van der Waals surface area contributed by atoms with E-state index in [0.717, 1.165) is 16.3 Å². The van der Waals surface area contributed by atoms with Gasteiger partial charge in [0.1, 0.15) is 0 Å². The molecule has 3 nitrogen and oxygen atoms in total. The molecule has 0 aromatic heterocycles. The number of rotatable bonds is 3. The van der Waals surface area contributed by atoms with Crippen LogP contribution in [0.2, 0.25) is 0 Å². The predicted octanol–water partition coefficient (Wildman–Crippen LogP) is 4.89. The van der Waals surface area contributed by atoms with E-state index < -0.39 is 7.28 Å². The molecule has 148 valence electrons. The topological polar surface area (TPSA) is 60.7 Å². The van der Waals surface area contributed by atoms with Gasteiger partial charge in [0.25, 0.3) is 0 Å². The molecular weight excluding hydrogens is 391 g/mol. The molecular formula is C26H21O3P. The van der Waals surface area contributed by atoms with Crippen LogP contribution in [0.15, 0.2) is 109 Å². The quantitative estimate of drug-likeness (QED) is 0.370. The molecule has 0 saturated carbocycles. The van der Waals surface area contributed by atoms with Gasteiger partial charge in [0.05, 0.1) is 0 Å². The van der Waals surface area contributed by atoms with E-state index >= 15 is 0 Å². The van der Waals surface area contributed by atoms with Crippen molar-refractivity contribution in [3.63, 3.8) is 0 Å². The fourth-order valence-corrected chi connectivity index (χ4v) is 6.78. The zero-order valence-electron chi connectivity index (χ0n) is 16.2. The Kier molecular flexibility index (Phi) is 4.25. The summed E-state index contributed by atoms with van der Waals surface area (Å²) in [6.45, 7) is 0. The average molecular weight is 412 g/mol. The van der Waals surface area contributed by atoms with Crippen LogP contribution in [-0.4, -0.2) is 14.7 Å². The first-order valence-electron chi connectivity index (χ1n) is 9.77. The summed E-state index contributed by atoms with van der Waals surface area (Å²) in [5.41, 5.74) is 1.41. The van der Waals surface area contributed by atoms with Crippen LogP contribution in [0.1, 0.15) is 0 Å². The standard InChI is InChI=1S/C26H21O3P/c27-30(28,29,25-16-8-13-19-11-4-6-14-22(19)25)26-23-15-7-5-12-21(23)17-18-24(26)20-9-2-1-3-10-20/h1-18,27-29H. The summed E-state index contributed by atoms with van der Waals surface area (Å²) in [6, 6.07) is 33.4. The van der Waals surface area contributed by atoms with E-state index in [4.69, 9.17) is 0 Å². The Labute approximate surface area is 174 Å². The molecule has 5 aromatic carbocycles. The first-order valence-corrected chi connectivity index (χ1v) is 11.9. The third kappa shape index (κ3) is 2.92. The van der Waals surface area contributed by atoms with Crippen LogP contribution in [0.4, 0.5) is 0 Å². The van der Waals surface area contributed by atoms with Crippen LogP contribution >= 0.6 is 7.28 Å². The molecule has 0 unspecified atom stereocenters. The summed E-state index contributed by atoms with van der Waals surface area (Å²) in [5, 5.41) is 3.23. The second kappa shape index (κ2) is 6.73. The van der Waals surface area contributed by atoms with E-state index in [1.807, 2.05) is 97.1 Å².